The molecule has 1 atom stereocenters. The third-order valence-corrected chi connectivity index (χ3v) is 3.36. The summed E-state index contributed by atoms with van der Waals surface area (Å²) in [5.74, 6) is 0.589. The number of hydrogen-bond acceptors (Lipinski definition) is 3. The lowest BCUT2D eigenvalue weighted by Crippen LogP contribution is -2.13. The molecule has 0 radical (unpaired) electrons. The number of rotatable bonds is 3. The topological polar surface area (TPSA) is 67.6 Å². The third-order valence-electron chi connectivity index (χ3n) is 3.11. The van der Waals surface area contributed by atoms with Gasteiger partial charge in [0.15, 0.2) is 5.82 Å². The van der Waals surface area contributed by atoms with Gasteiger partial charge >= 0.3 is 0 Å². The molecule has 0 saturated carbocycles. The molecule has 3 rings (SSSR count). The van der Waals surface area contributed by atoms with Crippen molar-refractivity contribution in [3.8, 4) is 11.4 Å². The van der Waals surface area contributed by atoms with E-state index >= 15 is 0 Å². The van der Waals surface area contributed by atoms with Gasteiger partial charge in [0.05, 0.1) is 6.04 Å². The smallest absolute Gasteiger partial charge is 0.181 e. The van der Waals surface area contributed by atoms with Crippen LogP contribution < -0.4 is 5.73 Å². The van der Waals surface area contributed by atoms with Crippen LogP contribution >= 0.6 is 11.6 Å². The van der Waals surface area contributed by atoms with E-state index in [2.05, 4.69) is 15.2 Å². The number of nitrogens with zero attached hydrogens (tertiary/aromatic N) is 2. The molecule has 4 nitrogen and oxygen atoms in total. The normalized spacial score (nSPS) is 12.3. The Morgan fingerprint density at radius 3 is 2.62 bits per heavy atom. The molecular weight excluding hydrogens is 291 g/mol. The van der Waals surface area contributed by atoms with Crippen molar-refractivity contribution >= 4 is 11.6 Å². The van der Waals surface area contributed by atoms with E-state index in [1.54, 1.807) is 24.3 Å². The summed E-state index contributed by atoms with van der Waals surface area (Å²) in [6.45, 7) is 0. The van der Waals surface area contributed by atoms with Gasteiger partial charge in [-0.3, -0.25) is 5.10 Å². The lowest BCUT2D eigenvalue weighted by molar-refractivity contribution is 0.628. The molecular formula is C15H12ClFN4. The molecule has 0 aliphatic rings. The van der Waals surface area contributed by atoms with E-state index < -0.39 is 6.04 Å². The maximum atomic E-state index is 13.2. The van der Waals surface area contributed by atoms with Crippen LogP contribution in [-0.2, 0) is 0 Å². The monoisotopic (exact) mass is 302 g/mol. The predicted octanol–water partition coefficient (Wildman–Crippen LogP) is 3.31. The molecule has 21 heavy (non-hydrogen) atoms. The Bertz CT molecular complexity index is 754. The van der Waals surface area contributed by atoms with Gasteiger partial charge in [0.25, 0.3) is 0 Å². The van der Waals surface area contributed by atoms with Crippen LogP contribution in [0.15, 0.2) is 48.5 Å². The molecule has 106 valence electrons. The molecule has 0 bridgehead atoms. The van der Waals surface area contributed by atoms with Crippen molar-refractivity contribution in [2.24, 2.45) is 5.73 Å². The summed E-state index contributed by atoms with van der Waals surface area (Å²) in [7, 11) is 0. The zero-order valence-corrected chi connectivity index (χ0v) is 11.7. The Labute approximate surface area is 125 Å². The van der Waals surface area contributed by atoms with E-state index in [0.29, 0.717) is 22.2 Å². The lowest BCUT2D eigenvalue weighted by Gasteiger charge is -2.08. The number of aromatic amines is 1. The lowest BCUT2D eigenvalue weighted by atomic mass is 10.1. The molecule has 6 heteroatoms. The maximum absolute atomic E-state index is 13.2. The molecule has 2 aromatic carbocycles. The Balaban J connectivity index is 1.89. The van der Waals surface area contributed by atoms with Crippen molar-refractivity contribution in [3.05, 3.63) is 70.8 Å². The SMILES string of the molecule is N[C@@H](c1ccc(Cl)cc1)c1nc(-c2cccc(F)c2)n[nH]1. The minimum Gasteiger partial charge on any atom is -0.318 e. The fourth-order valence-corrected chi connectivity index (χ4v) is 2.12. The zero-order valence-electron chi connectivity index (χ0n) is 10.9. The predicted molar refractivity (Wildman–Crippen MR) is 79.3 cm³/mol. The molecule has 1 heterocycles. The Hall–Kier alpha value is -2.24. The highest BCUT2D eigenvalue weighted by Gasteiger charge is 2.15. The fourth-order valence-electron chi connectivity index (χ4n) is 2.00. The molecule has 0 aliphatic carbocycles. The second-order valence-electron chi connectivity index (χ2n) is 4.58. The van der Waals surface area contributed by atoms with Gasteiger partial charge in [-0.25, -0.2) is 9.37 Å². The molecule has 3 N–H and O–H groups in total. The van der Waals surface area contributed by atoms with Crippen LogP contribution in [0.25, 0.3) is 11.4 Å². The van der Waals surface area contributed by atoms with Crippen LogP contribution in [0.2, 0.25) is 5.02 Å². The minimum atomic E-state index is -0.447. The zero-order chi connectivity index (χ0) is 14.8. The van der Waals surface area contributed by atoms with Crippen LogP contribution in [0.1, 0.15) is 17.4 Å². The molecule has 1 aromatic heterocycles. The van der Waals surface area contributed by atoms with Crippen molar-refractivity contribution in [1.29, 1.82) is 0 Å². The van der Waals surface area contributed by atoms with E-state index in [0.717, 1.165) is 5.56 Å². The highest BCUT2D eigenvalue weighted by Crippen LogP contribution is 2.21. The number of benzene rings is 2. The summed E-state index contributed by atoms with van der Waals surface area (Å²) in [5, 5.41) is 7.52. The van der Waals surface area contributed by atoms with Crippen LogP contribution in [-0.4, -0.2) is 15.2 Å². The molecule has 0 fully saturated rings. The molecule has 3 aromatic rings. The first-order chi connectivity index (χ1) is 10.1. The van der Waals surface area contributed by atoms with Crippen molar-refractivity contribution < 1.29 is 4.39 Å². The maximum Gasteiger partial charge on any atom is 0.181 e. The van der Waals surface area contributed by atoms with Crippen molar-refractivity contribution in [2.45, 2.75) is 6.04 Å². The fraction of sp³-hybridized carbons (Fsp3) is 0.0667. The van der Waals surface area contributed by atoms with Crippen molar-refractivity contribution in [3.63, 3.8) is 0 Å². The average molecular weight is 303 g/mol. The van der Waals surface area contributed by atoms with Gasteiger partial charge in [-0.1, -0.05) is 35.9 Å². The van der Waals surface area contributed by atoms with Crippen molar-refractivity contribution in [1.82, 2.24) is 15.2 Å². The molecule has 0 saturated heterocycles. The number of halogens is 2. The van der Waals surface area contributed by atoms with Crippen LogP contribution in [0.5, 0.6) is 0 Å². The summed E-state index contributed by atoms with van der Waals surface area (Å²) >= 11 is 5.85. The van der Waals surface area contributed by atoms with E-state index in [4.69, 9.17) is 17.3 Å². The number of nitrogens with one attached hydrogen (secondary N) is 1. The third kappa shape index (κ3) is 2.94. The van der Waals surface area contributed by atoms with Gasteiger partial charge < -0.3 is 5.73 Å². The Morgan fingerprint density at radius 1 is 1.14 bits per heavy atom. The van der Waals surface area contributed by atoms with Crippen LogP contribution in [0.3, 0.4) is 0 Å². The van der Waals surface area contributed by atoms with Gasteiger partial charge in [0.1, 0.15) is 11.6 Å². The van der Waals surface area contributed by atoms with Gasteiger partial charge in [-0.05, 0) is 29.8 Å². The number of hydrogen-bond donors (Lipinski definition) is 2. The largest absolute Gasteiger partial charge is 0.318 e. The minimum absolute atomic E-state index is 0.333. The van der Waals surface area contributed by atoms with Gasteiger partial charge in [0, 0.05) is 10.6 Å². The summed E-state index contributed by atoms with van der Waals surface area (Å²) in [6, 6.07) is 12.8. The summed E-state index contributed by atoms with van der Waals surface area (Å²) in [4.78, 5) is 4.33. The average Bonchev–Trinajstić information content (AvgIpc) is 2.97. The Kier molecular flexibility index (Phi) is 3.68. The van der Waals surface area contributed by atoms with E-state index in [1.165, 1.54) is 12.1 Å². The van der Waals surface area contributed by atoms with Gasteiger partial charge in [-0.2, -0.15) is 5.10 Å². The molecule has 0 amide bonds. The second-order valence-corrected chi connectivity index (χ2v) is 5.02. The van der Waals surface area contributed by atoms with Crippen LogP contribution in [0.4, 0.5) is 4.39 Å². The number of H-pyrrole nitrogens is 1. The summed E-state index contributed by atoms with van der Waals surface area (Å²) in [5.41, 5.74) is 7.60. The quantitative estimate of drug-likeness (QED) is 0.780. The Morgan fingerprint density at radius 2 is 1.90 bits per heavy atom. The summed E-state index contributed by atoms with van der Waals surface area (Å²) < 4.78 is 13.2. The van der Waals surface area contributed by atoms with Crippen molar-refractivity contribution in [2.75, 3.05) is 0 Å². The van der Waals surface area contributed by atoms with E-state index in [1.807, 2.05) is 12.1 Å². The molecule has 0 aliphatic heterocycles. The first kappa shape index (κ1) is 13.7. The van der Waals surface area contributed by atoms with Gasteiger partial charge in [-0.15, -0.1) is 0 Å². The van der Waals surface area contributed by atoms with Crippen LogP contribution in [0, 0.1) is 5.82 Å². The summed E-state index contributed by atoms with van der Waals surface area (Å²) in [6.07, 6.45) is 0. The number of aromatic nitrogens is 3. The van der Waals surface area contributed by atoms with E-state index in [9.17, 15) is 4.39 Å². The van der Waals surface area contributed by atoms with E-state index in [-0.39, 0.29) is 5.82 Å². The first-order valence-corrected chi connectivity index (χ1v) is 6.70. The highest BCUT2D eigenvalue weighted by molar-refractivity contribution is 6.30. The first-order valence-electron chi connectivity index (χ1n) is 6.33. The highest BCUT2D eigenvalue weighted by atomic mass is 35.5. The molecule has 0 unspecified atom stereocenters. The standard InChI is InChI=1S/C15H12ClFN4/c16-11-6-4-9(5-7-11)13(18)15-19-14(20-21-15)10-2-1-3-12(17)8-10/h1-8,13H,18H2,(H,19,20,21)/t13-/m0/s1. The molecule has 0 spiro atoms. The number of nitrogens with two attached hydrogens (primary N) is 1. The van der Waals surface area contributed by atoms with Gasteiger partial charge in [0.2, 0.25) is 0 Å². The second kappa shape index (κ2) is 5.63.